The molecule has 1 rings (SSSR count). The molecule has 0 aromatic heterocycles. The van der Waals surface area contributed by atoms with E-state index in [1.165, 1.54) is 28.1 Å². The number of ether oxygens (including phenoxy) is 2. The maximum atomic E-state index is 14.2. The summed E-state index contributed by atoms with van der Waals surface area (Å²) in [5.41, 5.74) is -0.319. The van der Waals surface area contributed by atoms with Gasteiger partial charge < -0.3 is 14.6 Å². The summed E-state index contributed by atoms with van der Waals surface area (Å²) in [6, 6.07) is 3.34. The Morgan fingerprint density at radius 1 is 1.25 bits per heavy atom. The number of hydrogen-bond donors (Lipinski definition) is 1. The van der Waals surface area contributed by atoms with Crippen LogP contribution >= 0.6 is 0 Å². The highest BCUT2D eigenvalue weighted by molar-refractivity contribution is 5.66. The van der Waals surface area contributed by atoms with Crippen LogP contribution in [0.5, 0.6) is 11.5 Å². The molecule has 5 heteroatoms. The lowest BCUT2D eigenvalue weighted by Gasteiger charge is -2.21. The van der Waals surface area contributed by atoms with E-state index in [-0.39, 0.29) is 6.42 Å². The molecule has 0 spiro atoms. The minimum Gasteiger partial charge on any atom is -0.496 e. The molecule has 0 unspecified atom stereocenters. The van der Waals surface area contributed by atoms with Crippen molar-refractivity contribution in [2.24, 2.45) is 0 Å². The number of hydrogen-bond acceptors (Lipinski definition) is 3. The predicted molar refractivity (Wildman–Crippen MR) is 74.3 cm³/mol. The van der Waals surface area contributed by atoms with Crippen molar-refractivity contribution in [3.63, 3.8) is 0 Å². The Kier molecular flexibility index (Phi) is 5.36. The fourth-order valence-electron chi connectivity index (χ4n) is 2.05. The SMILES string of the molecule is COc1cc(OC)c(C(C)(C)F)cc1CCCC(=O)O. The van der Waals surface area contributed by atoms with Crippen LogP contribution in [0.15, 0.2) is 12.1 Å². The number of carboxylic acid groups (broad SMARTS) is 1. The second-order valence-electron chi connectivity index (χ2n) is 5.08. The van der Waals surface area contributed by atoms with Gasteiger partial charge in [0.15, 0.2) is 0 Å². The van der Waals surface area contributed by atoms with Gasteiger partial charge in [-0.2, -0.15) is 0 Å². The van der Waals surface area contributed by atoms with E-state index in [1.807, 2.05) is 0 Å². The third-order valence-electron chi connectivity index (χ3n) is 3.08. The van der Waals surface area contributed by atoms with E-state index >= 15 is 0 Å². The largest absolute Gasteiger partial charge is 0.496 e. The molecule has 0 aliphatic carbocycles. The van der Waals surface area contributed by atoms with Gasteiger partial charge >= 0.3 is 5.97 Å². The Balaban J connectivity index is 3.11. The van der Waals surface area contributed by atoms with E-state index in [2.05, 4.69) is 0 Å². The first-order chi connectivity index (χ1) is 9.29. The molecule has 0 amide bonds. The van der Waals surface area contributed by atoms with Gasteiger partial charge in [0, 0.05) is 18.1 Å². The molecule has 0 heterocycles. The first-order valence-electron chi connectivity index (χ1n) is 6.45. The molecule has 0 bridgehead atoms. The van der Waals surface area contributed by atoms with Gasteiger partial charge in [0.25, 0.3) is 0 Å². The summed E-state index contributed by atoms with van der Waals surface area (Å²) in [6.45, 7) is 2.91. The molecule has 1 aromatic rings. The smallest absolute Gasteiger partial charge is 0.303 e. The Bertz CT molecular complexity index is 477. The summed E-state index contributed by atoms with van der Waals surface area (Å²) >= 11 is 0. The Hall–Kier alpha value is -1.78. The van der Waals surface area contributed by atoms with Crippen molar-refractivity contribution in [3.8, 4) is 11.5 Å². The lowest BCUT2D eigenvalue weighted by molar-refractivity contribution is -0.137. The zero-order chi connectivity index (χ0) is 15.3. The second-order valence-corrected chi connectivity index (χ2v) is 5.08. The third kappa shape index (κ3) is 4.11. The molecular weight excluding hydrogens is 263 g/mol. The Morgan fingerprint density at radius 3 is 2.30 bits per heavy atom. The average molecular weight is 284 g/mol. The van der Waals surface area contributed by atoms with Gasteiger partial charge in [-0.15, -0.1) is 0 Å². The molecular formula is C15H21FO4. The number of carboxylic acids is 1. The summed E-state index contributed by atoms with van der Waals surface area (Å²) in [4.78, 5) is 10.6. The highest BCUT2D eigenvalue weighted by Crippen LogP contribution is 2.38. The van der Waals surface area contributed by atoms with Gasteiger partial charge in [0.1, 0.15) is 17.2 Å². The first-order valence-corrected chi connectivity index (χ1v) is 6.45. The van der Waals surface area contributed by atoms with Crippen molar-refractivity contribution in [1.82, 2.24) is 0 Å². The van der Waals surface area contributed by atoms with Gasteiger partial charge in [-0.1, -0.05) is 0 Å². The van der Waals surface area contributed by atoms with Crippen molar-refractivity contribution < 1.29 is 23.8 Å². The number of benzene rings is 1. The van der Waals surface area contributed by atoms with Crippen LogP contribution in [-0.2, 0) is 16.9 Å². The quantitative estimate of drug-likeness (QED) is 0.834. The molecule has 1 aromatic carbocycles. The van der Waals surface area contributed by atoms with E-state index in [0.717, 1.165) is 5.56 Å². The van der Waals surface area contributed by atoms with E-state index in [1.54, 1.807) is 12.1 Å². The fraction of sp³-hybridized carbons (Fsp3) is 0.533. The summed E-state index contributed by atoms with van der Waals surface area (Å²) in [7, 11) is 3.00. The van der Waals surface area contributed by atoms with Crippen molar-refractivity contribution >= 4 is 5.97 Å². The summed E-state index contributed by atoms with van der Waals surface area (Å²) in [5, 5.41) is 8.67. The zero-order valence-electron chi connectivity index (χ0n) is 12.3. The molecule has 4 nitrogen and oxygen atoms in total. The number of carbonyl (C=O) groups is 1. The molecule has 0 saturated heterocycles. The van der Waals surface area contributed by atoms with Crippen LogP contribution < -0.4 is 9.47 Å². The number of aryl methyl sites for hydroxylation is 1. The molecule has 0 radical (unpaired) electrons. The van der Waals surface area contributed by atoms with Gasteiger partial charge in [-0.3, -0.25) is 4.79 Å². The molecule has 0 saturated carbocycles. The Morgan fingerprint density at radius 2 is 1.85 bits per heavy atom. The van der Waals surface area contributed by atoms with Crippen LogP contribution in [0.4, 0.5) is 4.39 Å². The second kappa shape index (κ2) is 6.59. The van der Waals surface area contributed by atoms with Gasteiger partial charge in [-0.25, -0.2) is 4.39 Å². The monoisotopic (exact) mass is 284 g/mol. The number of rotatable bonds is 7. The van der Waals surface area contributed by atoms with Crippen molar-refractivity contribution in [2.45, 2.75) is 38.8 Å². The number of alkyl halides is 1. The normalized spacial score (nSPS) is 11.2. The van der Waals surface area contributed by atoms with Gasteiger partial charge in [0.2, 0.25) is 0 Å². The maximum Gasteiger partial charge on any atom is 0.303 e. The van der Waals surface area contributed by atoms with Gasteiger partial charge in [-0.05, 0) is 38.3 Å². The van der Waals surface area contributed by atoms with Crippen LogP contribution in [0.1, 0.15) is 37.8 Å². The number of methoxy groups -OCH3 is 2. The standard InChI is InChI=1S/C15H21FO4/c1-15(2,16)11-8-10(6-5-7-14(17)18)12(19-3)9-13(11)20-4/h8-9H,5-7H2,1-4H3,(H,17,18). The number of aliphatic carboxylic acids is 1. The third-order valence-corrected chi connectivity index (χ3v) is 3.08. The molecule has 112 valence electrons. The van der Waals surface area contributed by atoms with E-state index in [0.29, 0.717) is 29.9 Å². The van der Waals surface area contributed by atoms with Crippen LogP contribution in [0.25, 0.3) is 0 Å². The minimum atomic E-state index is -1.54. The van der Waals surface area contributed by atoms with Crippen molar-refractivity contribution in [1.29, 1.82) is 0 Å². The minimum absolute atomic E-state index is 0.0730. The lowest BCUT2D eigenvalue weighted by Crippen LogP contribution is -2.12. The zero-order valence-corrected chi connectivity index (χ0v) is 12.3. The summed E-state index contributed by atoms with van der Waals surface area (Å²) in [5.74, 6) is 0.167. The van der Waals surface area contributed by atoms with E-state index in [9.17, 15) is 9.18 Å². The lowest BCUT2D eigenvalue weighted by atomic mass is 9.94. The summed E-state index contributed by atoms with van der Waals surface area (Å²) < 4.78 is 24.7. The summed E-state index contributed by atoms with van der Waals surface area (Å²) in [6.07, 6.45) is 1.07. The van der Waals surface area contributed by atoms with E-state index < -0.39 is 11.6 Å². The number of halogens is 1. The van der Waals surface area contributed by atoms with Crippen LogP contribution in [-0.4, -0.2) is 25.3 Å². The van der Waals surface area contributed by atoms with Crippen LogP contribution in [0.3, 0.4) is 0 Å². The fourth-order valence-corrected chi connectivity index (χ4v) is 2.05. The highest BCUT2D eigenvalue weighted by Gasteiger charge is 2.25. The maximum absolute atomic E-state index is 14.2. The molecule has 0 aliphatic rings. The molecule has 0 fully saturated rings. The average Bonchev–Trinajstić information content (AvgIpc) is 2.36. The van der Waals surface area contributed by atoms with Crippen LogP contribution in [0, 0.1) is 0 Å². The molecule has 1 N–H and O–H groups in total. The van der Waals surface area contributed by atoms with Crippen LogP contribution in [0.2, 0.25) is 0 Å². The van der Waals surface area contributed by atoms with E-state index in [4.69, 9.17) is 14.6 Å². The van der Waals surface area contributed by atoms with Crippen molar-refractivity contribution in [3.05, 3.63) is 23.3 Å². The molecule has 0 atom stereocenters. The van der Waals surface area contributed by atoms with Crippen molar-refractivity contribution in [2.75, 3.05) is 14.2 Å². The topological polar surface area (TPSA) is 55.8 Å². The highest BCUT2D eigenvalue weighted by atomic mass is 19.1. The molecule has 0 aliphatic heterocycles. The Labute approximate surface area is 118 Å². The van der Waals surface area contributed by atoms with Gasteiger partial charge in [0.05, 0.1) is 14.2 Å². The predicted octanol–water partition coefficient (Wildman–Crippen LogP) is 3.32. The molecule has 20 heavy (non-hydrogen) atoms. The first kappa shape index (κ1) is 16.3.